The highest BCUT2D eigenvalue weighted by molar-refractivity contribution is 7.80. The number of nitrogens with zero attached hydrogens (tertiary/aromatic N) is 2. The van der Waals surface area contributed by atoms with Crippen molar-refractivity contribution in [2.24, 2.45) is 5.92 Å². The van der Waals surface area contributed by atoms with Gasteiger partial charge in [-0.2, -0.15) is 0 Å². The van der Waals surface area contributed by atoms with Crippen LogP contribution in [-0.2, 0) is 11.3 Å². The fraction of sp³-hybridized carbons (Fsp3) is 0.600. The number of carbonyl (C=O) groups is 1. The first-order valence-corrected chi connectivity index (χ1v) is 10.0. The molecule has 1 aromatic rings. The van der Waals surface area contributed by atoms with E-state index in [2.05, 4.69) is 10.2 Å². The Kier molecular flexibility index (Phi) is 6.72. The molecular formula is C20H29N3O2S. The molecule has 0 bridgehead atoms. The minimum Gasteiger partial charge on any atom is -0.497 e. The van der Waals surface area contributed by atoms with Crippen LogP contribution in [-0.4, -0.2) is 54.1 Å². The first-order chi connectivity index (χ1) is 12.7. The van der Waals surface area contributed by atoms with Crippen LogP contribution in [0.1, 0.15) is 37.7 Å². The van der Waals surface area contributed by atoms with E-state index in [-0.39, 0.29) is 5.92 Å². The van der Waals surface area contributed by atoms with Crippen molar-refractivity contribution in [1.29, 1.82) is 0 Å². The number of rotatable bonds is 4. The molecule has 0 atom stereocenters. The Bertz CT molecular complexity index is 606. The van der Waals surface area contributed by atoms with Gasteiger partial charge in [-0.3, -0.25) is 4.79 Å². The maximum atomic E-state index is 12.6. The molecule has 0 unspecified atom stereocenters. The maximum Gasteiger partial charge on any atom is 0.225 e. The zero-order chi connectivity index (χ0) is 18.4. The Hall–Kier alpha value is -1.82. The van der Waals surface area contributed by atoms with Crippen molar-refractivity contribution in [3.05, 3.63) is 29.8 Å². The van der Waals surface area contributed by atoms with Crippen LogP contribution >= 0.6 is 12.2 Å². The number of hydrogen-bond acceptors (Lipinski definition) is 3. The molecule has 1 aromatic carbocycles. The van der Waals surface area contributed by atoms with E-state index in [4.69, 9.17) is 17.0 Å². The molecule has 2 aliphatic rings. The molecule has 0 spiro atoms. The van der Waals surface area contributed by atoms with Gasteiger partial charge in [0, 0.05) is 38.6 Å². The average molecular weight is 376 g/mol. The summed E-state index contributed by atoms with van der Waals surface area (Å²) in [5.41, 5.74) is 1.17. The minimum atomic E-state index is 0.260. The normalized spacial score (nSPS) is 18.5. The highest BCUT2D eigenvalue weighted by atomic mass is 32.1. The summed E-state index contributed by atoms with van der Waals surface area (Å²) in [6, 6.07) is 7.98. The number of benzene rings is 1. The summed E-state index contributed by atoms with van der Waals surface area (Å²) in [4.78, 5) is 16.9. The van der Waals surface area contributed by atoms with Crippen LogP contribution in [0.2, 0.25) is 0 Å². The van der Waals surface area contributed by atoms with Gasteiger partial charge in [-0.25, -0.2) is 0 Å². The second kappa shape index (κ2) is 9.21. The summed E-state index contributed by atoms with van der Waals surface area (Å²) in [7, 11) is 1.67. The molecule has 1 heterocycles. The van der Waals surface area contributed by atoms with Gasteiger partial charge >= 0.3 is 0 Å². The van der Waals surface area contributed by atoms with Crippen LogP contribution in [0, 0.1) is 5.92 Å². The van der Waals surface area contributed by atoms with E-state index in [9.17, 15) is 4.79 Å². The van der Waals surface area contributed by atoms with Crippen molar-refractivity contribution in [1.82, 2.24) is 15.1 Å². The standard InChI is InChI=1S/C20H29N3O2S/c1-25-18-9-7-16(8-10-18)15-21-20(26)23-13-11-22(12-14-23)19(24)17-5-3-2-4-6-17/h7-10,17H,2-6,11-15H2,1H3,(H,21,26). The number of amides is 1. The molecule has 1 aliphatic carbocycles. The highest BCUT2D eigenvalue weighted by Gasteiger charge is 2.28. The summed E-state index contributed by atoms with van der Waals surface area (Å²) in [5.74, 6) is 1.48. The molecule has 0 aromatic heterocycles. The van der Waals surface area contributed by atoms with E-state index >= 15 is 0 Å². The van der Waals surface area contributed by atoms with E-state index in [1.165, 1.54) is 24.8 Å². The summed E-state index contributed by atoms with van der Waals surface area (Å²) in [5, 5.41) is 4.10. The number of nitrogens with one attached hydrogen (secondary N) is 1. The van der Waals surface area contributed by atoms with Crippen LogP contribution in [0.25, 0.3) is 0 Å². The molecule has 2 fully saturated rings. The SMILES string of the molecule is COc1ccc(CNC(=S)N2CCN(C(=O)C3CCCCC3)CC2)cc1. The fourth-order valence-electron chi connectivity index (χ4n) is 3.77. The molecule has 1 saturated carbocycles. The highest BCUT2D eigenvalue weighted by Crippen LogP contribution is 2.25. The van der Waals surface area contributed by atoms with Gasteiger partial charge in [0.25, 0.3) is 0 Å². The van der Waals surface area contributed by atoms with Crippen LogP contribution in [0.3, 0.4) is 0 Å². The Morgan fingerprint density at radius 2 is 1.69 bits per heavy atom. The molecule has 3 rings (SSSR count). The van der Waals surface area contributed by atoms with Crippen LogP contribution in [0.15, 0.2) is 24.3 Å². The number of ether oxygens (including phenoxy) is 1. The van der Waals surface area contributed by atoms with Gasteiger partial charge < -0.3 is 19.9 Å². The number of hydrogen-bond donors (Lipinski definition) is 1. The smallest absolute Gasteiger partial charge is 0.225 e. The van der Waals surface area contributed by atoms with Gasteiger partial charge in [0.15, 0.2) is 5.11 Å². The minimum absolute atomic E-state index is 0.260. The Morgan fingerprint density at radius 3 is 2.31 bits per heavy atom. The van der Waals surface area contributed by atoms with E-state index < -0.39 is 0 Å². The monoisotopic (exact) mass is 375 g/mol. The molecule has 1 amide bonds. The lowest BCUT2D eigenvalue weighted by Gasteiger charge is -2.38. The second-order valence-corrected chi connectivity index (χ2v) is 7.54. The summed E-state index contributed by atoms with van der Waals surface area (Å²) >= 11 is 5.54. The van der Waals surface area contributed by atoms with E-state index in [0.717, 1.165) is 49.9 Å². The van der Waals surface area contributed by atoms with Crippen molar-refractivity contribution in [2.45, 2.75) is 38.6 Å². The Labute approximate surface area is 161 Å². The Morgan fingerprint density at radius 1 is 1.08 bits per heavy atom. The van der Waals surface area contributed by atoms with Gasteiger partial charge in [-0.1, -0.05) is 31.4 Å². The molecule has 6 heteroatoms. The molecule has 26 heavy (non-hydrogen) atoms. The third-order valence-corrected chi connectivity index (χ3v) is 5.84. The lowest BCUT2D eigenvalue weighted by Crippen LogP contribution is -2.54. The van der Waals surface area contributed by atoms with Crippen molar-refractivity contribution >= 4 is 23.2 Å². The van der Waals surface area contributed by atoms with E-state index in [0.29, 0.717) is 12.5 Å². The largest absolute Gasteiger partial charge is 0.497 e. The van der Waals surface area contributed by atoms with Crippen LogP contribution < -0.4 is 10.1 Å². The van der Waals surface area contributed by atoms with Gasteiger partial charge in [0.2, 0.25) is 5.91 Å². The quantitative estimate of drug-likeness (QED) is 0.820. The zero-order valence-corrected chi connectivity index (χ0v) is 16.4. The van der Waals surface area contributed by atoms with E-state index in [1.807, 2.05) is 29.2 Å². The number of thiocarbonyl (C=S) groups is 1. The predicted octanol–water partition coefficient (Wildman–Crippen LogP) is 2.79. The van der Waals surface area contributed by atoms with Crippen molar-refractivity contribution in [3.8, 4) is 5.75 Å². The molecule has 1 saturated heterocycles. The number of methoxy groups -OCH3 is 1. The third kappa shape index (κ3) is 4.87. The number of carbonyl (C=O) groups excluding carboxylic acids is 1. The van der Waals surface area contributed by atoms with Crippen LogP contribution in [0.4, 0.5) is 0 Å². The summed E-state index contributed by atoms with van der Waals surface area (Å²) in [6.07, 6.45) is 5.83. The first kappa shape index (κ1) is 19.0. The molecular weight excluding hydrogens is 346 g/mol. The molecule has 5 nitrogen and oxygen atoms in total. The van der Waals surface area contributed by atoms with Crippen LogP contribution in [0.5, 0.6) is 5.75 Å². The molecule has 0 radical (unpaired) electrons. The van der Waals surface area contributed by atoms with Crippen molar-refractivity contribution in [2.75, 3.05) is 33.3 Å². The molecule has 1 N–H and O–H groups in total. The number of piperazine rings is 1. The second-order valence-electron chi connectivity index (χ2n) is 7.15. The Balaban J connectivity index is 1.42. The average Bonchev–Trinajstić information content (AvgIpc) is 2.72. The molecule has 1 aliphatic heterocycles. The maximum absolute atomic E-state index is 12.6. The third-order valence-electron chi connectivity index (χ3n) is 5.44. The predicted molar refractivity (Wildman–Crippen MR) is 107 cm³/mol. The van der Waals surface area contributed by atoms with Gasteiger partial charge in [0.05, 0.1) is 7.11 Å². The van der Waals surface area contributed by atoms with Crippen molar-refractivity contribution in [3.63, 3.8) is 0 Å². The van der Waals surface area contributed by atoms with Gasteiger partial charge in [-0.15, -0.1) is 0 Å². The summed E-state index contributed by atoms with van der Waals surface area (Å²) in [6.45, 7) is 3.88. The topological polar surface area (TPSA) is 44.8 Å². The van der Waals surface area contributed by atoms with E-state index in [1.54, 1.807) is 7.11 Å². The molecule has 142 valence electrons. The van der Waals surface area contributed by atoms with Crippen molar-refractivity contribution < 1.29 is 9.53 Å². The lowest BCUT2D eigenvalue weighted by molar-refractivity contribution is -0.137. The summed E-state index contributed by atoms with van der Waals surface area (Å²) < 4.78 is 5.18. The zero-order valence-electron chi connectivity index (χ0n) is 15.6. The lowest BCUT2D eigenvalue weighted by atomic mass is 9.88. The fourth-order valence-corrected chi connectivity index (χ4v) is 4.03. The van der Waals surface area contributed by atoms with Gasteiger partial charge in [-0.05, 0) is 42.8 Å². The van der Waals surface area contributed by atoms with Gasteiger partial charge in [0.1, 0.15) is 5.75 Å². The first-order valence-electron chi connectivity index (χ1n) is 9.62.